The first-order valence-electron chi connectivity index (χ1n) is 5.96. The summed E-state index contributed by atoms with van der Waals surface area (Å²) in [6.07, 6.45) is 1.64. The minimum Gasteiger partial charge on any atom is -0.468 e. The van der Waals surface area contributed by atoms with Crippen LogP contribution in [0.25, 0.3) is 0 Å². The lowest BCUT2D eigenvalue weighted by Crippen LogP contribution is -2.25. The lowest BCUT2D eigenvalue weighted by molar-refractivity contribution is 0.0939. The van der Waals surface area contributed by atoms with Crippen LogP contribution in [0.4, 0.5) is 0 Å². The molecule has 1 heterocycles. The van der Waals surface area contributed by atoms with Gasteiger partial charge in [-0.1, -0.05) is 23.8 Å². The Morgan fingerprint density at radius 3 is 2.78 bits per heavy atom. The van der Waals surface area contributed by atoms with Crippen molar-refractivity contribution in [2.45, 2.75) is 13.5 Å². The molecule has 0 atom stereocenters. The van der Waals surface area contributed by atoms with Crippen molar-refractivity contribution in [3.8, 4) is 0 Å². The molecule has 0 bridgehead atoms. The maximum atomic E-state index is 12.1. The van der Waals surface area contributed by atoms with E-state index in [0.717, 1.165) is 16.9 Å². The van der Waals surface area contributed by atoms with Gasteiger partial charge in [-0.15, -0.1) is 0 Å². The number of hydrogen-bond donors (Lipinski definition) is 0. The van der Waals surface area contributed by atoms with Gasteiger partial charge in [0.25, 0.3) is 0 Å². The number of nitrogens with zero attached hydrogens (tertiary/aromatic N) is 1. The van der Waals surface area contributed by atoms with Crippen LogP contribution < -0.4 is 0 Å². The summed E-state index contributed by atoms with van der Waals surface area (Å²) < 4.78 is 5.26. The molecular formula is C15H17NO2. The quantitative estimate of drug-likeness (QED) is 0.757. The molecule has 0 saturated heterocycles. The fraction of sp³-hybridized carbons (Fsp3) is 0.267. The standard InChI is InChI=1S/C15H17NO2/c1-12-5-3-6-13(9-12)15(17)11-16(2)10-14-7-4-8-18-14/h3-9H,10-11H2,1-2H3. The first kappa shape index (κ1) is 12.6. The second-order valence-corrected chi connectivity index (χ2v) is 4.54. The van der Waals surface area contributed by atoms with Gasteiger partial charge in [-0.2, -0.15) is 0 Å². The number of furan rings is 1. The maximum absolute atomic E-state index is 12.1. The Balaban J connectivity index is 1.95. The number of ketones is 1. The highest BCUT2D eigenvalue weighted by Gasteiger charge is 2.10. The van der Waals surface area contributed by atoms with E-state index in [2.05, 4.69) is 0 Å². The Hall–Kier alpha value is -1.87. The van der Waals surface area contributed by atoms with Crippen LogP contribution in [0.2, 0.25) is 0 Å². The van der Waals surface area contributed by atoms with Crippen molar-refractivity contribution in [3.63, 3.8) is 0 Å². The molecule has 3 nitrogen and oxygen atoms in total. The average Bonchev–Trinajstić information content (AvgIpc) is 2.81. The van der Waals surface area contributed by atoms with Crippen molar-refractivity contribution in [1.29, 1.82) is 0 Å². The number of carbonyl (C=O) groups is 1. The van der Waals surface area contributed by atoms with Crippen LogP contribution in [-0.4, -0.2) is 24.3 Å². The average molecular weight is 243 g/mol. The molecule has 0 aliphatic rings. The lowest BCUT2D eigenvalue weighted by atomic mass is 10.1. The van der Waals surface area contributed by atoms with Crippen LogP contribution in [0, 0.1) is 6.92 Å². The third kappa shape index (κ3) is 3.31. The maximum Gasteiger partial charge on any atom is 0.176 e. The van der Waals surface area contributed by atoms with Gasteiger partial charge in [-0.25, -0.2) is 0 Å². The lowest BCUT2D eigenvalue weighted by Gasteiger charge is -2.14. The highest BCUT2D eigenvalue weighted by atomic mass is 16.3. The number of likely N-dealkylation sites (N-methyl/N-ethyl adjacent to an activating group) is 1. The minimum atomic E-state index is 0.132. The summed E-state index contributed by atoms with van der Waals surface area (Å²) in [7, 11) is 1.91. The molecule has 2 aromatic rings. The Bertz CT molecular complexity index is 517. The number of carbonyl (C=O) groups excluding carboxylic acids is 1. The Labute approximate surface area is 107 Å². The molecule has 0 amide bonds. The molecule has 0 unspecified atom stereocenters. The molecule has 0 N–H and O–H groups in total. The zero-order valence-electron chi connectivity index (χ0n) is 10.7. The van der Waals surface area contributed by atoms with Gasteiger partial charge < -0.3 is 4.42 Å². The van der Waals surface area contributed by atoms with E-state index in [1.807, 2.05) is 55.3 Å². The zero-order valence-corrected chi connectivity index (χ0v) is 10.7. The number of Topliss-reactive ketones (excluding diaryl/α,β-unsaturated/α-hetero) is 1. The van der Waals surface area contributed by atoms with E-state index in [1.54, 1.807) is 6.26 Å². The summed E-state index contributed by atoms with van der Waals surface area (Å²) in [6, 6.07) is 11.4. The van der Waals surface area contributed by atoms with Gasteiger partial charge in [0.15, 0.2) is 5.78 Å². The second kappa shape index (κ2) is 5.65. The van der Waals surface area contributed by atoms with Crippen LogP contribution >= 0.6 is 0 Å². The van der Waals surface area contributed by atoms with Crippen LogP contribution in [0.1, 0.15) is 21.7 Å². The summed E-state index contributed by atoms with van der Waals surface area (Å²) in [5, 5.41) is 0. The molecule has 0 aliphatic carbocycles. The highest BCUT2D eigenvalue weighted by Crippen LogP contribution is 2.08. The van der Waals surface area contributed by atoms with Gasteiger partial charge >= 0.3 is 0 Å². The predicted molar refractivity (Wildman–Crippen MR) is 70.6 cm³/mol. The van der Waals surface area contributed by atoms with Crippen LogP contribution in [0.15, 0.2) is 47.1 Å². The molecule has 0 aliphatic heterocycles. The van der Waals surface area contributed by atoms with E-state index >= 15 is 0 Å². The van der Waals surface area contributed by atoms with Crippen molar-refractivity contribution in [2.75, 3.05) is 13.6 Å². The van der Waals surface area contributed by atoms with Crippen molar-refractivity contribution in [2.24, 2.45) is 0 Å². The molecular weight excluding hydrogens is 226 g/mol. The van der Waals surface area contributed by atoms with Crippen molar-refractivity contribution < 1.29 is 9.21 Å². The molecule has 94 valence electrons. The van der Waals surface area contributed by atoms with Crippen LogP contribution in [-0.2, 0) is 6.54 Å². The molecule has 18 heavy (non-hydrogen) atoms. The van der Waals surface area contributed by atoms with E-state index in [1.165, 1.54) is 0 Å². The third-order valence-electron chi connectivity index (χ3n) is 2.76. The number of hydrogen-bond acceptors (Lipinski definition) is 3. The molecule has 0 fully saturated rings. The van der Waals surface area contributed by atoms with Gasteiger partial charge in [0, 0.05) is 5.56 Å². The third-order valence-corrected chi connectivity index (χ3v) is 2.76. The fourth-order valence-corrected chi connectivity index (χ4v) is 1.88. The Morgan fingerprint density at radius 2 is 2.11 bits per heavy atom. The zero-order chi connectivity index (χ0) is 13.0. The fourth-order valence-electron chi connectivity index (χ4n) is 1.88. The van der Waals surface area contributed by atoms with Crippen molar-refractivity contribution in [1.82, 2.24) is 4.90 Å². The first-order chi connectivity index (χ1) is 8.65. The summed E-state index contributed by atoms with van der Waals surface area (Å²) in [5.41, 5.74) is 1.87. The van der Waals surface area contributed by atoms with Gasteiger partial charge in [0.1, 0.15) is 5.76 Å². The number of benzene rings is 1. The van der Waals surface area contributed by atoms with Crippen LogP contribution in [0.5, 0.6) is 0 Å². The normalized spacial score (nSPS) is 10.8. The molecule has 2 rings (SSSR count). The smallest absolute Gasteiger partial charge is 0.176 e. The summed E-state index contributed by atoms with van der Waals surface area (Å²) in [5.74, 6) is 1.00. The first-order valence-corrected chi connectivity index (χ1v) is 5.96. The van der Waals surface area contributed by atoms with Gasteiger partial charge in [-0.05, 0) is 32.2 Å². The van der Waals surface area contributed by atoms with E-state index in [0.29, 0.717) is 13.1 Å². The minimum absolute atomic E-state index is 0.132. The summed E-state index contributed by atoms with van der Waals surface area (Å²) >= 11 is 0. The van der Waals surface area contributed by atoms with Gasteiger partial charge in [-0.3, -0.25) is 9.69 Å². The molecule has 0 saturated carbocycles. The number of rotatable bonds is 5. The van der Waals surface area contributed by atoms with Crippen LogP contribution in [0.3, 0.4) is 0 Å². The number of aryl methyl sites for hydroxylation is 1. The molecule has 1 aromatic carbocycles. The molecule has 0 spiro atoms. The highest BCUT2D eigenvalue weighted by molar-refractivity contribution is 5.97. The second-order valence-electron chi connectivity index (χ2n) is 4.54. The van der Waals surface area contributed by atoms with E-state index in [4.69, 9.17) is 4.42 Å². The molecule has 0 radical (unpaired) electrons. The Morgan fingerprint density at radius 1 is 1.28 bits per heavy atom. The SMILES string of the molecule is Cc1cccc(C(=O)CN(C)Cc2ccco2)c1. The van der Waals surface area contributed by atoms with E-state index in [-0.39, 0.29) is 5.78 Å². The predicted octanol–water partition coefficient (Wildman–Crippen LogP) is 2.90. The van der Waals surface area contributed by atoms with Crippen molar-refractivity contribution >= 4 is 5.78 Å². The van der Waals surface area contributed by atoms with E-state index in [9.17, 15) is 4.79 Å². The monoisotopic (exact) mass is 243 g/mol. The Kier molecular flexibility index (Phi) is 3.95. The van der Waals surface area contributed by atoms with Crippen molar-refractivity contribution in [3.05, 3.63) is 59.5 Å². The topological polar surface area (TPSA) is 33.5 Å². The largest absolute Gasteiger partial charge is 0.468 e. The van der Waals surface area contributed by atoms with E-state index < -0.39 is 0 Å². The van der Waals surface area contributed by atoms with Gasteiger partial charge in [0.05, 0.1) is 19.4 Å². The van der Waals surface area contributed by atoms with Gasteiger partial charge in [0.2, 0.25) is 0 Å². The molecule has 3 heteroatoms. The summed E-state index contributed by atoms with van der Waals surface area (Å²) in [6.45, 7) is 3.03. The summed E-state index contributed by atoms with van der Waals surface area (Å²) in [4.78, 5) is 14.0. The molecule has 1 aromatic heterocycles.